The largest absolute Gasteiger partial charge is 0.375 e. The monoisotopic (exact) mass is 475 g/mol. The van der Waals surface area contributed by atoms with Gasteiger partial charge in [0.2, 0.25) is 5.91 Å². The van der Waals surface area contributed by atoms with E-state index in [1.165, 1.54) is 6.42 Å². The molecule has 1 aliphatic rings. The minimum Gasteiger partial charge on any atom is -0.375 e. The molecular formula is C29H66N2O2. The molecular weight excluding hydrogens is 408 g/mol. The lowest BCUT2D eigenvalue weighted by Gasteiger charge is -2.40. The van der Waals surface area contributed by atoms with Gasteiger partial charge in [-0.15, -0.1) is 0 Å². The summed E-state index contributed by atoms with van der Waals surface area (Å²) in [5.74, 6) is 0.323. The van der Waals surface area contributed by atoms with Crippen molar-refractivity contribution in [2.45, 2.75) is 141 Å². The van der Waals surface area contributed by atoms with Crippen molar-refractivity contribution in [3.63, 3.8) is 0 Å². The second-order valence-electron chi connectivity index (χ2n) is 8.20. The molecule has 33 heavy (non-hydrogen) atoms. The third-order valence-corrected chi connectivity index (χ3v) is 6.13. The fourth-order valence-corrected chi connectivity index (χ4v) is 3.71. The number of hydrogen-bond acceptors (Lipinski definition) is 3. The third kappa shape index (κ3) is 16.6. The Balaban J connectivity index is -0.000000472. The molecule has 1 aliphatic heterocycles. The highest BCUT2D eigenvalue weighted by atomic mass is 16.5. The fourth-order valence-electron chi connectivity index (χ4n) is 3.71. The summed E-state index contributed by atoms with van der Waals surface area (Å²) in [7, 11) is 0. The Hall–Kier alpha value is -0.610. The molecule has 0 N–H and O–H groups in total. The Labute approximate surface area is 211 Å². The molecule has 1 fully saturated rings. The van der Waals surface area contributed by atoms with Gasteiger partial charge in [0.1, 0.15) is 0 Å². The first kappa shape index (κ1) is 39.6. The zero-order chi connectivity index (χ0) is 26.9. The lowest BCUT2D eigenvalue weighted by molar-refractivity contribution is -0.145. The smallest absolute Gasteiger partial charge is 0.228 e. The number of rotatable bonds is 11. The van der Waals surface area contributed by atoms with Crippen molar-refractivity contribution in [2.75, 3.05) is 39.3 Å². The summed E-state index contributed by atoms with van der Waals surface area (Å²) < 4.78 is 6.22. The summed E-state index contributed by atoms with van der Waals surface area (Å²) in [6.45, 7) is 34.7. The molecule has 2 atom stereocenters. The van der Waals surface area contributed by atoms with Gasteiger partial charge in [0.05, 0.1) is 5.60 Å². The Morgan fingerprint density at radius 2 is 1.21 bits per heavy atom. The Kier molecular flexibility index (Phi) is 31.2. The van der Waals surface area contributed by atoms with Crippen LogP contribution < -0.4 is 0 Å². The summed E-state index contributed by atoms with van der Waals surface area (Å²) in [6.07, 6.45) is 6.12. The number of hydrogen-bond donors (Lipinski definition) is 0. The predicted molar refractivity (Wildman–Crippen MR) is 151 cm³/mol. The van der Waals surface area contributed by atoms with Gasteiger partial charge in [-0.1, -0.05) is 96.4 Å². The van der Waals surface area contributed by atoms with Crippen LogP contribution in [0.3, 0.4) is 0 Å². The van der Waals surface area contributed by atoms with Crippen molar-refractivity contribution < 1.29 is 9.53 Å². The number of carbonyl (C=O) groups excluding carboxylic acids is 1. The van der Waals surface area contributed by atoms with E-state index in [0.29, 0.717) is 12.5 Å². The van der Waals surface area contributed by atoms with Gasteiger partial charge in [0.25, 0.3) is 0 Å². The average Bonchev–Trinajstić information content (AvgIpc) is 2.89. The molecule has 0 bridgehead atoms. The fraction of sp³-hybridized carbons (Fsp3) is 0.966. The van der Waals surface area contributed by atoms with Crippen molar-refractivity contribution in [1.82, 2.24) is 9.80 Å². The van der Waals surface area contributed by atoms with Gasteiger partial charge in [-0.3, -0.25) is 9.69 Å². The van der Waals surface area contributed by atoms with E-state index >= 15 is 0 Å². The highest BCUT2D eigenvalue weighted by Gasteiger charge is 2.36. The van der Waals surface area contributed by atoms with Crippen molar-refractivity contribution in [3.05, 3.63) is 0 Å². The Bertz CT molecular complexity index is 395. The van der Waals surface area contributed by atoms with E-state index in [1.54, 1.807) is 0 Å². The number of nitrogens with zero attached hydrogens (tertiary/aromatic N) is 2. The molecule has 204 valence electrons. The molecule has 0 radical (unpaired) electrons. The van der Waals surface area contributed by atoms with Crippen LogP contribution in [0.25, 0.3) is 0 Å². The molecule has 1 amide bonds. The number of amides is 1. The molecule has 4 nitrogen and oxygen atoms in total. The highest BCUT2D eigenvalue weighted by Crippen LogP contribution is 2.31. The molecule has 0 aromatic rings. The summed E-state index contributed by atoms with van der Waals surface area (Å²) in [4.78, 5) is 17.7. The molecule has 1 rings (SSSR count). The van der Waals surface area contributed by atoms with Gasteiger partial charge >= 0.3 is 0 Å². The van der Waals surface area contributed by atoms with Crippen LogP contribution >= 0.6 is 0 Å². The van der Waals surface area contributed by atoms with Crippen molar-refractivity contribution in [1.29, 1.82) is 0 Å². The van der Waals surface area contributed by atoms with Crippen LogP contribution in [0.4, 0.5) is 0 Å². The van der Waals surface area contributed by atoms with E-state index in [0.717, 1.165) is 64.8 Å². The first-order chi connectivity index (χ1) is 15.8. The second-order valence-corrected chi connectivity index (χ2v) is 8.20. The Morgan fingerprint density at radius 1 is 0.727 bits per heavy atom. The summed E-state index contributed by atoms with van der Waals surface area (Å²) >= 11 is 0. The molecule has 0 saturated carbocycles. The maximum atomic E-state index is 13.1. The zero-order valence-electron chi connectivity index (χ0n) is 25.7. The molecule has 0 aromatic carbocycles. The van der Waals surface area contributed by atoms with Crippen LogP contribution in [0, 0.1) is 5.41 Å². The molecule has 2 unspecified atom stereocenters. The molecule has 1 saturated heterocycles. The predicted octanol–water partition coefficient (Wildman–Crippen LogP) is 8.44. The SMILES string of the molecule is CC.CC.CC.CC.CCCN1CCN(C(=O)C(C)(CC)CCOC(C)(CC)CCC)CC1. The van der Waals surface area contributed by atoms with Crippen molar-refractivity contribution in [3.8, 4) is 0 Å². The van der Waals surface area contributed by atoms with Gasteiger partial charge in [0.15, 0.2) is 0 Å². The van der Waals surface area contributed by atoms with E-state index in [-0.39, 0.29) is 11.0 Å². The minimum atomic E-state index is -0.298. The van der Waals surface area contributed by atoms with Crippen LogP contribution in [0.15, 0.2) is 0 Å². The average molecular weight is 475 g/mol. The second kappa shape index (κ2) is 26.0. The Morgan fingerprint density at radius 3 is 1.58 bits per heavy atom. The van der Waals surface area contributed by atoms with Crippen LogP contribution in [0.2, 0.25) is 0 Å². The van der Waals surface area contributed by atoms with Gasteiger partial charge in [-0.25, -0.2) is 0 Å². The molecule has 0 spiro atoms. The van der Waals surface area contributed by atoms with Gasteiger partial charge in [0, 0.05) is 38.2 Å². The number of carbonyl (C=O) groups is 1. The van der Waals surface area contributed by atoms with E-state index < -0.39 is 0 Å². The van der Waals surface area contributed by atoms with Crippen LogP contribution in [-0.4, -0.2) is 60.6 Å². The van der Waals surface area contributed by atoms with E-state index in [1.807, 2.05) is 55.4 Å². The lowest BCUT2D eigenvalue weighted by atomic mass is 9.82. The minimum absolute atomic E-state index is 0.0434. The van der Waals surface area contributed by atoms with E-state index in [4.69, 9.17) is 4.74 Å². The maximum absolute atomic E-state index is 13.1. The van der Waals surface area contributed by atoms with Crippen molar-refractivity contribution in [2.24, 2.45) is 5.41 Å². The summed E-state index contributed by atoms with van der Waals surface area (Å²) in [6, 6.07) is 0. The number of ether oxygens (including phenoxy) is 1. The van der Waals surface area contributed by atoms with Crippen molar-refractivity contribution >= 4 is 5.91 Å². The molecule has 4 heteroatoms. The van der Waals surface area contributed by atoms with E-state index in [2.05, 4.69) is 51.3 Å². The van der Waals surface area contributed by atoms with Crippen LogP contribution in [0.5, 0.6) is 0 Å². The summed E-state index contributed by atoms with van der Waals surface area (Å²) in [5.41, 5.74) is -0.341. The maximum Gasteiger partial charge on any atom is 0.228 e. The highest BCUT2D eigenvalue weighted by molar-refractivity contribution is 5.82. The van der Waals surface area contributed by atoms with Crippen LogP contribution in [0.1, 0.15) is 135 Å². The third-order valence-electron chi connectivity index (χ3n) is 6.13. The molecule has 0 aliphatic carbocycles. The molecule has 1 heterocycles. The first-order valence-corrected chi connectivity index (χ1v) is 14.5. The topological polar surface area (TPSA) is 32.8 Å². The normalized spacial score (nSPS) is 16.6. The summed E-state index contributed by atoms with van der Waals surface area (Å²) in [5, 5.41) is 0. The van der Waals surface area contributed by atoms with Gasteiger partial charge in [-0.05, 0) is 45.6 Å². The van der Waals surface area contributed by atoms with Crippen LogP contribution in [-0.2, 0) is 9.53 Å². The first-order valence-electron chi connectivity index (χ1n) is 14.5. The van der Waals surface area contributed by atoms with Gasteiger partial charge in [-0.2, -0.15) is 0 Å². The van der Waals surface area contributed by atoms with Gasteiger partial charge < -0.3 is 9.64 Å². The standard InChI is InChI=1S/C21H42N2O2.4C2H6/c1-7-11-21(6,10-4)25-18-12-20(5,9-3)19(24)23-16-14-22(13-8-2)15-17-23;4*1-2/h7-18H2,1-6H3;4*1-2H3. The number of piperazine rings is 1. The zero-order valence-corrected chi connectivity index (χ0v) is 25.7. The lowest BCUT2D eigenvalue weighted by Crippen LogP contribution is -2.52. The van der Waals surface area contributed by atoms with E-state index in [9.17, 15) is 4.79 Å². The quantitative estimate of drug-likeness (QED) is 0.301. The molecule has 0 aromatic heterocycles.